The van der Waals surface area contributed by atoms with Crippen LogP contribution in [0.3, 0.4) is 0 Å². The Kier molecular flexibility index (Phi) is 5.57. The summed E-state index contributed by atoms with van der Waals surface area (Å²) in [5, 5.41) is 0. The third-order valence-electron chi connectivity index (χ3n) is 3.13. The fraction of sp³-hybridized carbons (Fsp3) is 0.333. The van der Waals surface area contributed by atoms with E-state index in [1.165, 1.54) is 10.1 Å². The fourth-order valence-corrected chi connectivity index (χ4v) is 2.13. The van der Waals surface area contributed by atoms with Gasteiger partial charge in [-0.3, -0.25) is 14.3 Å². The van der Waals surface area contributed by atoms with E-state index in [1.54, 1.807) is 6.92 Å². The lowest BCUT2D eigenvalue weighted by atomic mass is 10.2. The number of rotatable bonds is 6. The van der Waals surface area contributed by atoms with E-state index in [2.05, 4.69) is 20.9 Å². The van der Waals surface area contributed by atoms with Crippen molar-refractivity contribution in [1.82, 2.24) is 9.55 Å². The van der Waals surface area contributed by atoms with Crippen LogP contribution in [0, 0.1) is 13.8 Å². The first-order valence-corrected chi connectivity index (χ1v) is 7.55. The van der Waals surface area contributed by atoms with Crippen LogP contribution >= 0.6 is 15.9 Å². The molecule has 118 valence electrons. The maximum Gasteiger partial charge on any atom is 0.330 e. The molecule has 0 aliphatic carbocycles. The molecule has 1 aromatic carbocycles. The average molecular weight is 369 g/mol. The third-order valence-corrected chi connectivity index (χ3v) is 4.06. The summed E-state index contributed by atoms with van der Waals surface area (Å²) in [5.41, 5.74) is 0.752. The monoisotopic (exact) mass is 368 g/mol. The van der Waals surface area contributed by atoms with E-state index >= 15 is 0 Å². The number of hydrogen-bond acceptors (Lipinski definition) is 4. The SMILES string of the molecule is Cc1ccc(OCCOCn2c(C)c(Br)c(=O)[nH]c2=O)cc1. The van der Waals surface area contributed by atoms with E-state index in [0.717, 1.165) is 5.75 Å². The molecule has 7 heteroatoms. The van der Waals surface area contributed by atoms with Gasteiger partial charge in [-0.05, 0) is 41.9 Å². The van der Waals surface area contributed by atoms with Gasteiger partial charge in [0.2, 0.25) is 0 Å². The van der Waals surface area contributed by atoms with E-state index in [-0.39, 0.29) is 6.73 Å². The zero-order valence-corrected chi connectivity index (χ0v) is 14.0. The molecule has 1 heterocycles. The standard InChI is InChI=1S/C15H17BrN2O4/c1-10-3-5-12(6-4-10)22-8-7-21-9-18-11(2)13(16)14(19)17-15(18)20/h3-6H,7-9H2,1-2H3,(H,17,19,20). The molecular formula is C15H17BrN2O4. The minimum absolute atomic E-state index is 0.0529. The second-order valence-corrected chi connectivity index (χ2v) is 5.58. The van der Waals surface area contributed by atoms with Gasteiger partial charge in [-0.1, -0.05) is 17.7 Å². The Morgan fingerprint density at radius 3 is 2.50 bits per heavy atom. The number of aromatic nitrogens is 2. The van der Waals surface area contributed by atoms with Crippen molar-refractivity contribution in [3.63, 3.8) is 0 Å². The Balaban J connectivity index is 1.85. The molecule has 0 radical (unpaired) electrons. The van der Waals surface area contributed by atoms with Crippen LogP contribution in [0.2, 0.25) is 0 Å². The van der Waals surface area contributed by atoms with Crippen LogP contribution in [-0.4, -0.2) is 22.8 Å². The van der Waals surface area contributed by atoms with Gasteiger partial charge >= 0.3 is 5.69 Å². The first-order valence-electron chi connectivity index (χ1n) is 6.75. The van der Waals surface area contributed by atoms with Crippen molar-refractivity contribution < 1.29 is 9.47 Å². The number of ether oxygens (including phenoxy) is 2. The van der Waals surface area contributed by atoms with Crippen LogP contribution in [0.4, 0.5) is 0 Å². The van der Waals surface area contributed by atoms with Crippen LogP contribution in [-0.2, 0) is 11.5 Å². The normalized spacial score (nSPS) is 10.7. The summed E-state index contributed by atoms with van der Waals surface area (Å²) in [7, 11) is 0. The molecule has 0 aliphatic heterocycles. The summed E-state index contributed by atoms with van der Waals surface area (Å²) in [6, 6.07) is 7.72. The number of hydrogen-bond donors (Lipinski definition) is 1. The molecule has 0 atom stereocenters. The van der Waals surface area contributed by atoms with Crippen LogP contribution < -0.4 is 16.0 Å². The quantitative estimate of drug-likeness (QED) is 0.791. The lowest BCUT2D eigenvalue weighted by molar-refractivity contribution is 0.0500. The molecule has 0 saturated heterocycles. The number of aryl methyl sites for hydroxylation is 1. The number of nitrogens with one attached hydrogen (secondary N) is 1. The minimum atomic E-state index is -0.495. The fourth-order valence-electron chi connectivity index (χ4n) is 1.82. The van der Waals surface area contributed by atoms with Gasteiger partial charge in [0, 0.05) is 5.69 Å². The first kappa shape index (κ1) is 16.5. The molecule has 2 aromatic rings. The summed E-state index contributed by atoms with van der Waals surface area (Å²) in [6.45, 7) is 4.44. The molecule has 0 bridgehead atoms. The number of H-pyrrole nitrogens is 1. The van der Waals surface area contributed by atoms with Gasteiger partial charge in [-0.2, -0.15) is 0 Å². The van der Waals surface area contributed by atoms with E-state index in [4.69, 9.17) is 9.47 Å². The van der Waals surface area contributed by atoms with Gasteiger partial charge in [-0.25, -0.2) is 4.79 Å². The summed E-state index contributed by atoms with van der Waals surface area (Å²) in [5.74, 6) is 0.773. The molecule has 0 unspecified atom stereocenters. The molecule has 0 spiro atoms. The number of benzene rings is 1. The lowest BCUT2D eigenvalue weighted by Crippen LogP contribution is -2.33. The largest absolute Gasteiger partial charge is 0.491 e. The Hall–Kier alpha value is -1.86. The van der Waals surface area contributed by atoms with Gasteiger partial charge in [0.1, 0.15) is 23.6 Å². The smallest absolute Gasteiger partial charge is 0.330 e. The molecule has 6 nitrogen and oxygen atoms in total. The van der Waals surface area contributed by atoms with Gasteiger partial charge in [0.15, 0.2) is 0 Å². The molecule has 0 saturated carbocycles. The second-order valence-electron chi connectivity index (χ2n) is 4.79. The molecule has 0 amide bonds. The van der Waals surface area contributed by atoms with Crippen LogP contribution in [0.5, 0.6) is 5.75 Å². The molecule has 2 rings (SSSR count). The van der Waals surface area contributed by atoms with Gasteiger partial charge in [0.25, 0.3) is 5.56 Å². The molecule has 1 N–H and O–H groups in total. The predicted octanol–water partition coefficient (Wildman–Crippen LogP) is 1.97. The van der Waals surface area contributed by atoms with Crippen molar-refractivity contribution in [2.45, 2.75) is 20.6 Å². The third kappa shape index (κ3) is 4.08. The summed E-state index contributed by atoms with van der Waals surface area (Å²) in [4.78, 5) is 25.3. The summed E-state index contributed by atoms with van der Waals surface area (Å²) in [6.07, 6.45) is 0. The minimum Gasteiger partial charge on any atom is -0.491 e. The highest BCUT2D eigenvalue weighted by Crippen LogP contribution is 2.11. The zero-order chi connectivity index (χ0) is 16.1. The van der Waals surface area contributed by atoms with Crippen molar-refractivity contribution in [1.29, 1.82) is 0 Å². The highest BCUT2D eigenvalue weighted by Gasteiger charge is 2.08. The predicted molar refractivity (Wildman–Crippen MR) is 86.4 cm³/mol. The van der Waals surface area contributed by atoms with Crippen LogP contribution in [0.1, 0.15) is 11.3 Å². The highest BCUT2D eigenvalue weighted by molar-refractivity contribution is 9.10. The van der Waals surface area contributed by atoms with Crippen molar-refractivity contribution in [2.24, 2.45) is 0 Å². The average Bonchev–Trinajstić information content (AvgIpc) is 2.49. The maximum absolute atomic E-state index is 11.7. The maximum atomic E-state index is 11.7. The highest BCUT2D eigenvalue weighted by atomic mass is 79.9. The van der Waals surface area contributed by atoms with Gasteiger partial charge < -0.3 is 9.47 Å². The van der Waals surface area contributed by atoms with Crippen LogP contribution in [0.15, 0.2) is 38.3 Å². The van der Waals surface area contributed by atoms with Crippen LogP contribution in [0.25, 0.3) is 0 Å². The van der Waals surface area contributed by atoms with Crippen molar-refractivity contribution in [3.8, 4) is 5.75 Å². The van der Waals surface area contributed by atoms with E-state index < -0.39 is 11.2 Å². The van der Waals surface area contributed by atoms with Crippen molar-refractivity contribution in [2.75, 3.05) is 13.2 Å². The summed E-state index contributed by atoms with van der Waals surface area (Å²) < 4.78 is 12.6. The van der Waals surface area contributed by atoms with E-state index in [9.17, 15) is 9.59 Å². The number of halogens is 1. The summed E-state index contributed by atoms with van der Waals surface area (Å²) >= 11 is 3.14. The molecule has 0 fully saturated rings. The molecule has 0 aliphatic rings. The second kappa shape index (κ2) is 7.42. The van der Waals surface area contributed by atoms with E-state index in [1.807, 2.05) is 31.2 Å². The topological polar surface area (TPSA) is 73.3 Å². The van der Waals surface area contributed by atoms with Crippen molar-refractivity contribution in [3.05, 3.63) is 60.8 Å². The molecular weight excluding hydrogens is 352 g/mol. The van der Waals surface area contributed by atoms with E-state index in [0.29, 0.717) is 23.4 Å². The lowest BCUT2D eigenvalue weighted by Gasteiger charge is -2.11. The number of aromatic amines is 1. The Morgan fingerprint density at radius 2 is 1.82 bits per heavy atom. The van der Waals surface area contributed by atoms with Gasteiger partial charge in [-0.15, -0.1) is 0 Å². The first-order chi connectivity index (χ1) is 10.5. The zero-order valence-electron chi connectivity index (χ0n) is 12.4. The number of nitrogens with zero attached hydrogens (tertiary/aromatic N) is 1. The van der Waals surface area contributed by atoms with Crippen molar-refractivity contribution >= 4 is 15.9 Å². The Bertz CT molecular complexity index is 750. The molecule has 1 aromatic heterocycles. The molecule has 22 heavy (non-hydrogen) atoms. The Morgan fingerprint density at radius 1 is 1.14 bits per heavy atom. The Labute approximate surface area is 135 Å². The van der Waals surface area contributed by atoms with Gasteiger partial charge in [0.05, 0.1) is 6.61 Å².